The monoisotopic (exact) mass is 239 g/mol. The number of oxime groups is 1. The Kier molecular flexibility index (Phi) is 4.53. The van der Waals surface area contributed by atoms with Gasteiger partial charge in [-0.05, 0) is 17.5 Å². The van der Waals surface area contributed by atoms with Crippen LogP contribution in [0.3, 0.4) is 0 Å². The van der Waals surface area contributed by atoms with Gasteiger partial charge in [-0.3, -0.25) is 0 Å². The highest BCUT2D eigenvalue weighted by molar-refractivity contribution is 5.99. The highest BCUT2D eigenvalue weighted by Gasteiger charge is 2.00. The summed E-state index contributed by atoms with van der Waals surface area (Å²) in [5.41, 5.74) is 3.23. The molecule has 2 heteroatoms. The summed E-state index contributed by atoms with van der Waals surface area (Å²) in [5, 5.41) is 4.22. The van der Waals surface area contributed by atoms with Crippen molar-refractivity contribution in [1.29, 1.82) is 0 Å². The average molecular weight is 239 g/mol. The topological polar surface area (TPSA) is 21.6 Å². The summed E-state index contributed by atoms with van der Waals surface area (Å²) in [6.45, 7) is 2.59. The van der Waals surface area contributed by atoms with Crippen LogP contribution in [-0.4, -0.2) is 5.71 Å². The summed E-state index contributed by atoms with van der Waals surface area (Å²) in [4.78, 5) is 5.42. The van der Waals surface area contributed by atoms with Gasteiger partial charge in [0.1, 0.15) is 6.61 Å². The van der Waals surface area contributed by atoms with Crippen LogP contribution in [0.1, 0.15) is 24.5 Å². The smallest absolute Gasteiger partial charge is 0.142 e. The van der Waals surface area contributed by atoms with E-state index in [4.69, 9.17) is 4.84 Å². The maximum atomic E-state index is 5.42. The molecule has 0 bridgehead atoms. The molecule has 0 aromatic heterocycles. The molecule has 92 valence electrons. The minimum absolute atomic E-state index is 0.511. The maximum Gasteiger partial charge on any atom is 0.142 e. The Labute approximate surface area is 108 Å². The first-order valence-corrected chi connectivity index (χ1v) is 6.18. The van der Waals surface area contributed by atoms with E-state index in [9.17, 15) is 0 Å². The molecule has 2 aromatic carbocycles. The first-order valence-electron chi connectivity index (χ1n) is 6.18. The lowest BCUT2D eigenvalue weighted by molar-refractivity contribution is 0.130. The molecule has 0 atom stereocenters. The molecule has 0 spiro atoms. The standard InChI is InChI=1S/C16H17NO/c1-2-16(15-11-7-4-8-12-15)17-18-13-14-9-5-3-6-10-14/h3-12H,2,13H2,1H3/b17-16+. The molecule has 0 amide bonds. The molecule has 0 radical (unpaired) electrons. The van der Waals surface area contributed by atoms with Crippen LogP contribution in [0.5, 0.6) is 0 Å². The third-order valence-corrected chi connectivity index (χ3v) is 2.69. The summed E-state index contributed by atoms with van der Waals surface area (Å²) >= 11 is 0. The molecule has 2 rings (SSSR count). The van der Waals surface area contributed by atoms with Crippen molar-refractivity contribution in [2.75, 3.05) is 0 Å². The van der Waals surface area contributed by atoms with Crippen LogP contribution in [0.25, 0.3) is 0 Å². The molecule has 0 unspecified atom stereocenters. The first kappa shape index (κ1) is 12.4. The summed E-state index contributed by atoms with van der Waals surface area (Å²) < 4.78 is 0. The summed E-state index contributed by atoms with van der Waals surface area (Å²) in [7, 11) is 0. The van der Waals surface area contributed by atoms with Crippen molar-refractivity contribution in [2.24, 2.45) is 5.16 Å². The van der Waals surface area contributed by atoms with Gasteiger partial charge in [0.15, 0.2) is 0 Å². The van der Waals surface area contributed by atoms with Crippen LogP contribution < -0.4 is 0 Å². The molecule has 0 aliphatic rings. The van der Waals surface area contributed by atoms with Crippen molar-refractivity contribution in [1.82, 2.24) is 0 Å². The Hall–Kier alpha value is -2.09. The fourth-order valence-corrected chi connectivity index (χ4v) is 1.71. The number of benzene rings is 2. The van der Waals surface area contributed by atoms with E-state index < -0.39 is 0 Å². The highest BCUT2D eigenvalue weighted by Crippen LogP contribution is 2.06. The third-order valence-electron chi connectivity index (χ3n) is 2.69. The molecule has 0 heterocycles. The number of rotatable bonds is 5. The summed E-state index contributed by atoms with van der Waals surface area (Å²) in [6.07, 6.45) is 0.860. The van der Waals surface area contributed by atoms with Gasteiger partial charge in [-0.15, -0.1) is 0 Å². The second-order valence-corrected chi connectivity index (χ2v) is 4.02. The minimum atomic E-state index is 0.511. The number of hydrogen-bond acceptors (Lipinski definition) is 2. The lowest BCUT2D eigenvalue weighted by atomic mass is 10.1. The molecular weight excluding hydrogens is 222 g/mol. The third kappa shape index (κ3) is 3.45. The second kappa shape index (κ2) is 6.60. The number of hydrogen-bond donors (Lipinski definition) is 0. The Balaban J connectivity index is 1.99. The van der Waals surface area contributed by atoms with Crippen molar-refractivity contribution in [2.45, 2.75) is 20.0 Å². The van der Waals surface area contributed by atoms with Crippen LogP contribution in [0, 0.1) is 0 Å². The lowest BCUT2D eigenvalue weighted by Gasteiger charge is -2.04. The van der Waals surface area contributed by atoms with Crippen molar-refractivity contribution >= 4 is 5.71 Å². The molecule has 0 saturated heterocycles. The van der Waals surface area contributed by atoms with Crippen LogP contribution in [0.4, 0.5) is 0 Å². The molecule has 2 nitrogen and oxygen atoms in total. The van der Waals surface area contributed by atoms with Crippen LogP contribution in [0.2, 0.25) is 0 Å². The number of nitrogens with zero attached hydrogens (tertiary/aromatic N) is 1. The van der Waals surface area contributed by atoms with Gasteiger partial charge in [0.25, 0.3) is 0 Å². The Morgan fingerprint density at radius 1 is 0.944 bits per heavy atom. The van der Waals surface area contributed by atoms with Crippen molar-refractivity contribution in [3.8, 4) is 0 Å². The predicted molar refractivity (Wildman–Crippen MR) is 74.5 cm³/mol. The van der Waals surface area contributed by atoms with Gasteiger partial charge in [-0.2, -0.15) is 0 Å². The van der Waals surface area contributed by atoms with E-state index in [0.717, 1.165) is 23.3 Å². The van der Waals surface area contributed by atoms with E-state index in [2.05, 4.69) is 12.1 Å². The van der Waals surface area contributed by atoms with Gasteiger partial charge in [0.2, 0.25) is 0 Å². The molecule has 0 fully saturated rings. The van der Waals surface area contributed by atoms with Gasteiger partial charge in [-0.25, -0.2) is 0 Å². The zero-order valence-corrected chi connectivity index (χ0v) is 10.5. The van der Waals surface area contributed by atoms with E-state index in [1.54, 1.807) is 0 Å². The molecule has 0 aliphatic heterocycles. The van der Waals surface area contributed by atoms with Crippen LogP contribution >= 0.6 is 0 Å². The Morgan fingerprint density at radius 2 is 1.56 bits per heavy atom. The zero-order valence-electron chi connectivity index (χ0n) is 10.5. The second-order valence-electron chi connectivity index (χ2n) is 4.02. The van der Waals surface area contributed by atoms with Crippen molar-refractivity contribution in [3.63, 3.8) is 0 Å². The van der Waals surface area contributed by atoms with Crippen LogP contribution in [-0.2, 0) is 11.4 Å². The highest BCUT2D eigenvalue weighted by atomic mass is 16.6. The van der Waals surface area contributed by atoms with Gasteiger partial charge < -0.3 is 4.84 Å². The zero-order chi connectivity index (χ0) is 12.6. The van der Waals surface area contributed by atoms with E-state index in [-0.39, 0.29) is 0 Å². The van der Waals surface area contributed by atoms with E-state index in [1.807, 2.05) is 60.7 Å². The summed E-state index contributed by atoms with van der Waals surface area (Å²) in [6, 6.07) is 20.2. The van der Waals surface area contributed by atoms with E-state index >= 15 is 0 Å². The van der Waals surface area contributed by atoms with Gasteiger partial charge in [-0.1, -0.05) is 72.7 Å². The van der Waals surface area contributed by atoms with Crippen molar-refractivity contribution < 1.29 is 4.84 Å². The molecule has 0 saturated carbocycles. The van der Waals surface area contributed by atoms with E-state index in [1.165, 1.54) is 0 Å². The fraction of sp³-hybridized carbons (Fsp3) is 0.188. The van der Waals surface area contributed by atoms with Gasteiger partial charge >= 0.3 is 0 Å². The molecule has 18 heavy (non-hydrogen) atoms. The van der Waals surface area contributed by atoms with Crippen LogP contribution in [0.15, 0.2) is 65.8 Å². The predicted octanol–water partition coefficient (Wildman–Crippen LogP) is 4.02. The first-order chi connectivity index (χ1) is 8.90. The molecule has 2 aromatic rings. The largest absolute Gasteiger partial charge is 0.391 e. The molecule has 0 N–H and O–H groups in total. The average Bonchev–Trinajstić information content (AvgIpc) is 2.46. The minimum Gasteiger partial charge on any atom is -0.391 e. The fourth-order valence-electron chi connectivity index (χ4n) is 1.71. The normalized spacial score (nSPS) is 11.3. The Bertz CT molecular complexity index is 491. The summed E-state index contributed by atoms with van der Waals surface area (Å²) in [5.74, 6) is 0. The van der Waals surface area contributed by atoms with Gasteiger partial charge in [0.05, 0.1) is 5.71 Å². The SMILES string of the molecule is CC/C(=N\OCc1ccccc1)c1ccccc1. The molecule has 0 aliphatic carbocycles. The van der Waals surface area contributed by atoms with E-state index in [0.29, 0.717) is 6.61 Å². The van der Waals surface area contributed by atoms with Gasteiger partial charge in [0, 0.05) is 0 Å². The Morgan fingerprint density at radius 3 is 2.17 bits per heavy atom. The quantitative estimate of drug-likeness (QED) is 0.570. The lowest BCUT2D eigenvalue weighted by Crippen LogP contribution is -2.00. The molecular formula is C16H17NO. The van der Waals surface area contributed by atoms with Crippen molar-refractivity contribution in [3.05, 3.63) is 71.8 Å². The maximum absolute atomic E-state index is 5.42.